The fourth-order valence-corrected chi connectivity index (χ4v) is 3.04. The van der Waals surface area contributed by atoms with Crippen LogP contribution < -0.4 is 5.32 Å². The molecule has 0 aliphatic heterocycles. The fraction of sp³-hybridized carbons (Fsp3) is 0.167. The van der Waals surface area contributed by atoms with E-state index in [1.807, 2.05) is 60.2 Å². The molecule has 6 heteroatoms. The topological polar surface area (TPSA) is 59.8 Å². The van der Waals surface area contributed by atoms with Crippen LogP contribution in [0.2, 0.25) is 0 Å². The molecular weight excluding hydrogens is 320 g/mol. The van der Waals surface area contributed by atoms with Gasteiger partial charge in [0.15, 0.2) is 0 Å². The Labute approximate surface area is 145 Å². The number of nitrogens with one attached hydrogen (secondary N) is 1. The van der Waals surface area contributed by atoms with Crippen LogP contribution in [-0.4, -0.2) is 26.5 Å². The predicted molar refractivity (Wildman–Crippen MR) is 94.0 cm³/mol. The van der Waals surface area contributed by atoms with Gasteiger partial charge in [0.1, 0.15) is 5.03 Å². The van der Waals surface area contributed by atoms with Crippen LogP contribution in [0.4, 0.5) is 0 Å². The molecular formula is C18H18N4OS. The van der Waals surface area contributed by atoms with Gasteiger partial charge in [0, 0.05) is 41.6 Å². The van der Waals surface area contributed by atoms with E-state index in [4.69, 9.17) is 0 Å². The van der Waals surface area contributed by atoms with Crippen LogP contribution in [0.3, 0.4) is 0 Å². The van der Waals surface area contributed by atoms with E-state index >= 15 is 0 Å². The monoisotopic (exact) mass is 338 g/mol. The number of rotatable bonds is 6. The van der Waals surface area contributed by atoms with Gasteiger partial charge in [0.2, 0.25) is 0 Å². The van der Waals surface area contributed by atoms with E-state index < -0.39 is 0 Å². The summed E-state index contributed by atoms with van der Waals surface area (Å²) in [6, 6.07) is 13.4. The van der Waals surface area contributed by atoms with Crippen molar-refractivity contribution in [2.75, 3.05) is 0 Å². The molecule has 0 fully saturated rings. The number of benzene rings is 1. The van der Waals surface area contributed by atoms with E-state index in [1.165, 1.54) is 0 Å². The smallest absolute Gasteiger partial charge is 0.251 e. The second-order valence-electron chi connectivity index (χ2n) is 5.43. The average Bonchev–Trinajstić information content (AvgIpc) is 3.09. The summed E-state index contributed by atoms with van der Waals surface area (Å²) in [5, 5.41) is 3.93. The van der Waals surface area contributed by atoms with Crippen LogP contribution >= 0.6 is 11.8 Å². The standard InChI is InChI=1S/C18H18N4OS/c1-14(12-22-11-10-19-13-22)21-18(23)15-5-7-16(8-6-15)24-17-4-2-3-9-20-17/h2-11,13-14H,12H2,1H3,(H,21,23)/t14-/m0/s1. The van der Waals surface area contributed by atoms with Crippen molar-refractivity contribution in [3.05, 3.63) is 72.9 Å². The minimum Gasteiger partial charge on any atom is -0.348 e. The van der Waals surface area contributed by atoms with Crippen molar-refractivity contribution in [3.63, 3.8) is 0 Å². The van der Waals surface area contributed by atoms with Gasteiger partial charge in [-0.05, 0) is 43.3 Å². The zero-order chi connectivity index (χ0) is 16.8. The summed E-state index contributed by atoms with van der Waals surface area (Å²) in [6.45, 7) is 2.67. The molecule has 0 saturated heterocycles. The molecule has 1 N–H and O–H groups in total. The molecule has 1 aromatic carbocycles. The number of imidazole rings is 1. The molecule has 0 bridgehead atoms. The first kappa shape index (κ1) is 16.3. The van der Waals surface area contributed by atoms with Crippen molar-refractivity contribution < 1.29 is 4.79 Å². The maximum Gasteiger partial charge on any atom is 0.251 e. The maximum absolute atomic E-state index is 12.3. The van der Waals surface area contributed by atoms with Gasteiger partial charge in [-0.15, -0.1) is 0 Å². The molecule has 5 nitrogen and oxygen atoms in total. The Kier molecular flexibility index (Phi) is 5.28. The lowest BCUT2D eigenvalue weighted by molar-refractivity contribution is 0.0936. The van der Waals surface area contributed by atoms with Crippen molar-refractivity contribution in [1.29, 1.82) is 0 Å². The van der Waals surface area contributed by atoms with E-state index in [1.54, 1.807) is 30.5 Å². The van der Waals surface area contributed by atoms with Crippen LogP contribution in [0, 0.1) is 0 Å². The van der Waals surface area contributed by atoms with Gasteiger partial charge in [-0.25, -0.2) is 9.97 Å². The first-order chi connectivity index (χ1) is 11.7. The van der Waals surface area contributed by atoms with Gasteiger partial charge >= 0.3 is 0 Å². The molecule has 2 aromatic heterocycles. The molecule has 1 amide bonds. The summed E-state index contributed by atoms with van der Waals surface area (Å²) in [5.41, 5.74) is 0.651. The molecule has 24 heavy (non-hydrogen) atoms. The normalized spacial score (nSPS) is 11.9. The fourth-order valence-electron chi connectivity index (χ4n) is 2.27. The van der Waals surface area contributed by atoms with Crippen LogP contribution in [0.25, 0.3) is 0 Å². The Bertz CT molecular complexity index is 773. The summed E-state index contributed by atoms with van der Waals surface area (Å²) >= 11 is 1.57. The second kappa shape index (κ2) is 7.79. The molecule has 0 unspecified atom stereocenters. The summed E-state index contributed by atoms with van der Waals surface area (Å²) in [5.74, 6) is -0.0722. The Morgan fingerprint density at radius 3 is 2.71 bits per heavy atom. The highest BCUT2D eigenvalue weighted by Gasteiger charge is 2.10. The Morgan fingerprint density at radius 2 is 2.04 bits per heavy atom. The minimum atomic E-state index is -0.0722. The number of amides is 1. The molecule has 0 aliphatic rings. The van der Waals surface area contributed by atoms with E-state index in [0.29, 0.717) is 12.1 Å². The van der Waals surface area contributed by atoms with Crippen molar-refractivity contribution in [2.45, 2.75) is 29.4 Å². The zero-order valence-electron chi connectivity index (χ0n) is 13.3. The van der Waals surface area contributed by atoms with Gasteiger partial charge in [-0.2, -0.15) is 0 Å². The lowest BCUT2D eigenvalue weighted by atomic mass is 10.2. The Hall–Kier alpha value is -2.60. The lowest BCUT2D eigenvalue weighted by Gasteiger charge is -2.14. The van der Waals surface area contributed by atoms with Crippen molar-refractivity contribution >= 4 is 17.7 Å². The first-order valence-corrected chi connectivity index (χ1v) is 8.48. The maximum atomic E-state index is 12.3. The number of aromatic nitrogens is 3. The third-order valence-corrected chi connectivity index (χ3v) is 4.36. The highest BCUT2D eigenvalue weighted by atomic mass is 32.2. The molecule has 0 spiro atoms. The molecule has 0 saturated carbocycles. The zero-order valence-corrected chi connectivity index (χ0v) is 14.1. The van der Waals surface area contributed by atoms with Crippen molar-refractivity contribution in [2.24, 2.45) is 0 Å². The largest absolute Gasteiger partial charge is 0.348 e. The summed E-state index contributed by atoms with van der Waals surface area (Å²) in [4.78, 5) is 21.6. The molecule has 122 valence electrons. The van der Waals surface area contributed by atoms with Crippen molar-refractivity contribution in [1.82, 2.24) is 19.9 Å². The number of nitrogens with zero attached hydrogens (tertiary/aromatic N) is 3. The van der Waals surface area contributed by atoms with Gasteiger partial charge in [-0.1, -0.05) is 17.8 Å². The van der Waals surface area contributed by atoms with E-state index in [2.05, 4.69) is 15.3 Å². The number of hydrogen-bond acceptors (Lipinski definition) is 4. The van der Waals surface area contributed by atoms with E-state index in [9.17, 15) is 4.79 Å². The van der Waals surface area contributed by atoms with Gasteiger partial charge in [-0.3, -0.25) is 4.79 Å². The van der Waals surface area contributed by atoms with E-state index in [0.717, 1.165) is 9.92 Å². The Balaban J connectivity index is 1.57. The van der Waals surface area contributed by atoms with Gasteiger partial charge in [0.05, 0.1) is 6.33 Å². The third-order valence-electron chi connectivity index (χ3n) is 3.40. The third kappa shape index (κ3) is 4.45. The van der Waals surface area contributed by atoms with Crippen LogP contribution in [0.15, 0.2) is 77.3 Å². The van der Waals surface area contributed by atoms with Crippen LogP contribution in [0.1, 0.15) is 17.3 Å². The number of pyridine rings is 1. The molecule has 2 heterocycles. The number of carbonyl (C=O) groups is 1. The SMILES string of the molecule is C[C@@H](Cn1ccnc1)NC(=O)c1ccc(Sc2ccccn2)cc1. The summed E-state index contributed by atoms with van der Waals surface area (Å²) < 4.78 is 1.94. The van der Waals surface area contributed by atoms with Gasteiger partial charge < -0.3 is 9.88 Å². The average molecular weight is 338 g/mol. The van der Waals surface area contributed by atoms with Crippen molar-refractivity contribution in [3.8, 4) is 0 Å². The summed E-state index contributed by atoms with van der Waals surface area (Å²) in [7, 11) is 0. The molecule has 0 aliphatic carbocycles. The number of hydrogen-bond donors (Lipinski definition) is 1. The van der Waals surface area contributed by atoms with Crippen LogP contribution in [0.5, 0.6) is 0 Å². The van der Waals surface area contributed by atoms with E-state index in [-0.39, 0.29) is 11.9 Å². The van der Waals surface area contributed by atoms with Gasteiger partial charge in [0.25, 0.3) is 5.91 Å². The Morgan fingerprint density at radius 1 is 1.21 bits per heavy atom. The number of carbonyl (C=O) groups excluding carboxylic acids is 1. The molecule has 1 atom stereocenters. The highest BCUT2D eigenvalue weighted by Crippen LogP contribution is 2.25. The lowest BCUT2D eigenvalue weighted by Crippen LogP contribution is -2.35. The molecule has 3 aromatic rings. The highest BCUT2D eigenvalue weighted by molar-refractivity contribution is 7.99. The van der Waals surface area contributed by atoms with Crippen LogP contribution in [-0.2, 0) is 6.54 Å². The molecule has 3 rings (SSSR count). The quantitative estimate of drug-likeness (QED) is 0.749. The second-order valence-corrected chi connectivity index (χ2v) is 6.52. The minimum absolute atomic E-state index is 0.0225. The first-order valence-electron chi connectivity index (χ1n) is 7.66. The predicted octanol–water partition coefficient (Wildman–Crippen LogP) is 3.25. The summed E-state index contributed by atoms with van der Waals surface area (Å²) in [6.07, 6.45) is 7.12. The molecule has 0 radical (unpaired) electrons.